The highest BCUT2D eigenvalue weighted by Crippen LogP contribution is 2.41. The van der Waals surface area contributed by atoms with Gasteiger partial charge >= 0.3 is 5.97 Å². The van der Waals surface area contributed by atoms with Crippen LogP contribution in [0.2, 0.25) is 0 Å². The number of hydrogen-bond donors (Lipinski definition) is 0. The van der Waals surface area contributed by atoms with E-state index in [1.807, 2.05) is 6.92 Å². The Morgan fingerprint density at radius 1 is 1.26 bits per heavy atom. The van der Waals surface area contributed by atoms with E-state index in [1.165, 1.54) is 4.90 Å². The number of imide groups is 1. The fourth-order valence-corrected chi connectivity index (χ4v) is 3.70. The van der Waals surface area contributed by atoms with E-state index in [4.69, 9.17) is 4.74 Å². The first kappa shape index (κ1) is 15.7. The van der Waals surface area contributed by atoms with Crippen LogP contribution in [0.4, 0.5) is 0 Å². The van der Waals surface area contributed by atoms with E-state index in [0.717, 1.165) is 19.3 Å². The van der Waals surface area contributed by atoms with Crippen molar-refractivity contribution in [2.24, 2.45) is 5.41 Å². The lowest BCUT2D eigenvalue weighted by Gasteiger charge is -2.39. The van der Waals surface area contributed by atoms with E-state index in [9.17, 15) is 14.4 Å². The molecule has 0 bridgehead atoms. The van der Waals surface area contributed by atoms with Crippen LogP contribution in [0.3, 0.4) is 0 Å². The van der Waals surface area contributed by atoms with Crippen molar-refractivity contribution in [3.05, 3.63) is 35.4 Å². The van der Waals surface area contributed by atoms with Crippen LogP contribution < -0.4 is 0 Å². The van der Waals surface area contributed by atoms with Crippen LogP contribution in [0.15, 0.2) is 24.3 Å². The molecule has 2 atom stereocenters. The first-order valence-corrected chi connectivity index (χ1v) is 8.12. The standard InChI is InChI=1S/C18H21NO4/c1-3-23-17(22)18(2)10-6-7-12(11-18)19-15(20)13-8-4-5-9-14(13)16(19)21/h4-5,8-9,12H,3,6-7,10-11H2,1-2H3. The zero-order valence-electron chi connectivity index (χ0n) is 13.5. The predicted octanol–water partition coefficient (Wildman–Crippen LogP) is 2.79. The van der Waals surface area contributed by atoms with Crippen molar-refractivity contribution < 1.29 is 19.1 Å². The van der Waals surface area contributed by atoms with Gasteiger partial charge in [0, 0.05) is 6.04 Å². The molecule has 5 heteroatoms. The Kier molecular flexibility index (Phi) is 3.96. The van der Waals surface area contributed by atoms with Gasteiger partial charge in [0.2, 0.25) is 0 Å². The van der Waals surface area contributed by atoms with Gasteiger partial charge < -0.3 is 4.74 Å². The Morgan fingerprint density at radius 2 is 1.87 bits per heavy atom. The van der Waals surface area contributed by atoms with Crippen LogP contribution in [0, 0.1) is 5.41 Å². The summed E-state index contributed by atoms with van der Waals surface area (Å²) < 4.78 is 5.18. The summed E-state index contributed by atoms with van der Waals surface area (Å²) in [6, 6.07) is 6.64. The number of esters is 1. The van der Waals surface area contributed by atoms with Gasteiger partial charge in [0.25, 0.3) is 11.8 Å². The maximum atomic E-state index is 12.6. The van der Waals surface area contributed by atoms with Crippen molar-refractivity contribution >= 4 is 17.8 Å². The largest absolute Gasteiger partial charge is 0.466 e. The molecule has 1 aliphatic heterocycles. The van der Waals surface area contributed by atoms with Crippen LogP contribution in [0.25, 0.3) is 0 Å². The summed E-state index contributed by atoms with van der Waals surface area (Å²) in [4.78, 5) is 38.8. The second-order valence-electron chi connectivity index (χ2n) is 6.56. The summed E-state index contributed by atoms with van der Waals surface area (Å²) in [5.74, 6) is -0.728. The maximum absolute atomic E-state index is 12.6. The molecule has 2 unspecified atom stereocenters. The Balaban J connectivity index is 1.84. The van der Waals surface area contributed by atoms with Crippen LogP contribution in [0.5, 0.6) is 0 Å². The third-order valence-electron chi connectivity index (χ3n) is 4.91. The Morgan fingerprint density at radius 3 is 2.43 bits per heavy atom. The summed E-state index contributed by atoms with van der Waals surface area (Å²) >= 11 is 0. The zero-order valence-corrected chi connectivity index (χ0v) is 13.5. The monoisotopic (exact) mass is 315 g/mol. The van der Waals surface area contributed by atoms with Crippen molar-refractivity contribution in [1.29, 1.82) is 0 Å². The second kappa shape index (κ2) is 5.80. The summed E-state index contributed by atoms with van der Waals surface area (Å²) in [7, 11) is 0. The molecule has 2 aliphatic rings. The third kappa shape index (κ3) is 2.54. The van der Waals surface area contributed by atoms with Crippen LogP contribution >= 0.6 is 0 Å². The Labute approximate surface area is 135 Å². The van der Waals surface area contributed by atoms with Gasteiger partial charge in [-0.25, -0.2) is 0 Å². The van der Waals surface area contributed by atoms with Crippen molar-refractivity contribution in [2.45, 2.75) is 45.6 Å². The average molecular weight is 315 g/mol. The highest BCUT2D eigenvalue weighted by molar-refractivity contribution is 6.21. The molecule has 0 radical (unpaired) electrons. The van der Waals surface area contributed by atoms with Gasteiger partial charge in [-0.2, -0.15) is 0 Å². The number of amides is 2. The predicted molar refractivity (Wildman–Crippen MR) is 83.9 cm³/mol. The van der Waals surface area contributed by atoms with E-state index in [2.05, 4.69) is 0 Å². The van der Waals surface area contributed by atoms with E-state index >= 15 is 0 Å². The third-order valence-corrected chi connectivity index (χ3v) is 4.91. The molecule has 5 nitrogen and oxygen atoms in total. The molecule has 1 aromatic carbocycles. The zero-order chi connectivity index (χ0) is 16.6. The summed E-state index contributed by atoms with van der Waals surface area (Å²) in [6.07, 6.45) is 2.73. The first-order valence-electron chi connectivity index (χ1n) is 8.12. The number of carbonyl (C=O) groups excluding carboxylic acids is 3. The molecule has 3 rings (SSSR count). The molecule has 1 fully saturated rings. The molecule has 1 heterocycles. The van der Waals surface area contributed by atoms with E-state index in [-0.39, 0.29) is 23.8 Å². The molecule has 0 N–H and O–H groups in total. The van der Waals surface area contributed by atoms with Gasteiger partial charge in [-0.05, 0) is 45.2 Å². The number of ether oxygens (including phenoxy) is 1. The van der Waals surface area contributed by atoms with E-state index in [1.54, 1.807) is 31.2 Å². The van der Waals surface area contributed by atoms with Crippen LogP contribution in [0.1, 0.15) is 60.2 Å². The molecular weight excluding hydrogens is 294 g/mol. The van der Waals surface area contributed by atoms with Crippen LogP contribution in [-0.2, 0) is 9.53 Å². The van der Waals surface area contributed by atoms with Crippen molar-refractivity contribution in [3.63, 3.8) is 0 Å². The molecule has 1 aliphatic carbocycles. The van der Waals surface area contributed by atoms with Crippen molar-refractivity contribution in [1.82, 2.24) is 4.90 Å². The van der Waals surface area contributed by atoms with Gasteiger partial charge in [-0.1, -0.05) is 18.6 Å². The second-order valence-corrected chi connectivity index (χ2v) is 6.56. The lowest BCUT2D eigenvalue weighted by Crippen LogP contribution is -2.47. The molecule has 2 amide bonds. The summed E-state index contributed by atoms with van der Waals surface area (Å²) in [5.41, 5.74) is 0.288. The van der Waals surface area contributed by atoms with Gasteiger partial charge in [0.15, 0.2) is 0 Å². The molecule has 23 heavy (non-hydrogen) atoms. The fourth-order valence-electron chi connectivity index (χ4n) is 3.70. The molecular formula is C18H21NO4. The van der Waals surface area contributed by atoms with Gasteiger partial charge in [0.1, 0.15) is 0 Å². The molecule has 0 spiro atoms. The average Bonchev–Trinajstić information content (AvgIpc) is 2.80. The highest BCUT2D eigenvalue weighted by Gasteiger charge is 2.46. The van der Waals surface area contributed by atoms with Gasteiger partial charge in [-0.3, -0.25) is 19.3 Å². The molecule has 1 saturated carbocycles. The minimum Gasteiger partial charge on any atom is -0.466 e. The molecule has 1 aromatic rings. The number of nitrogens with zero attached hydrogens (tertiary/aromatic N) is 1. The maximum Gasteiger partial charge on any atom is 0.311 e. The Hall–Kier alpha value is -2.17. The van der Waals surface area contributed by atoms with Gasteiger partial charge in [-0.15, -0.1) is 0 Å². The lowest BCUT2D eigenvalue weighted by molar-refractivity contribution is -0.157. The number of carbonyl (C=O) groups is 3. The molecule has 0 saturated heterocycles. The fraction of sp³-hybridized carbons (Fsp3) is 0.500. The van der Waals surface area contributed by atoms with E-state index < -0.39 is 5.41 Å². The van der Waals surface area contributed by atoms with Crippen LogP contribution in [-0.4, -0.2) is 35.3 Å². The summed E-state index contributed by atoms with van der Waals surface area (Å²) in [5, 5.41) is 0. The number of rotatable bonds is 3. The highest BCUT2D eigenvalue weighted by atomic mass is 16.5. The van der Waals surface area contributed by atoms with Crippen molar-refractivity contribution in [2.75, 3.05) is 6.61 Å². The van der Waals surface area contributed by atoms with Gasteiger partial charge in [0.05, 0.1) is 23.1 Å². The number of fused-ring (bicyclic) bond motifs is 1. The number of benzene rings is 1. The van der Waals surface area contributed by atoms with Crippen molar-refractivity contribution in [3.8, 4) is 0 Å². The summed E-state index contributed by atoms with van der Waals surface area (Å²) in [6.45, 7) is 3.99. The number of hydrogen-bond acceptors (Lipinski definition) is 4. The molecule has 122 valence electrons. The first-order chi connectivity index (χ1) is 11.0. The minimum atomic E-state index is -0.631. The lowest BCUT2D eigenvalue weighted by atomic mass is 9.73. The molecule has 0 aromatic heterocycles. The topological polar surface area (TPSA) is 63.7 Å². The van der Waals surface area contributed by atoms with E-state index in [0.29, 0.717) is 24.2 Å². The smallest absolute Gasteiger partial charge is 0.311 e. The Bertz CT molecular complexity index is 634. The quantitative estimate of drug-likeness (QED) is 0.635. The normalized spacial score (nSPS) is 27.0. The minimum absolute atomic E-state index is 0.235. The SMILES string of the molecule is CCOC(=O)C1(C)CCCC(N2C(=O)c3ccccc3C2=O)C1.